The Morgan fingerprint density at radius 1 is 0.548 bits per heavy atom. The molecule has 4 aromatic rings. The third-order valence-electron chi connectivity index (χ3n) is 4.65. The molecular weight excluding hydrogens is 374 g/mol. The van der Waals surface area contributed by atoms with Crippen molar-refractivity contribution in [3.8, 4) is 33.6 Å². The van der Waals surface area contributed by atoms with Gasteiger partial charge in [-0.05, 0) is 29.2 Å². The predicted molar refractivity (Wildman–Crippen MR) is 141 cm³/mol. The molecule has 1 nitrogen and oxygen atoms in total. The van der Waals surface area contributed by atoms with Gasteiger partial charge in [0.1, 0.15) is 0 Å². The number of aromatic amines is 1. The molecule has 1 N–H and O–H groups in total. The molecule has 0 saturated heterocycles. The predicted octanol–water partition coefficient (Wildman–Crippen LogP) is 9.66. The molecule has 0 atom stereocenters. The molecule has 0 saturated carbocycles. The summed E-state index contributed by atoms with van der Waals surface area (Å²) < 4.78 is 0. The van der Waals surface area contributed by atoms with Gasteiger partial charge < -0.3 is 4.98 Å². The molecule has 164 valence electrons. The number of rotatable bonds is 4. The second-order valence-corrected chi connectivity index (χ2v) is 6.21. The molecule has 1 heterocycles. The fourth-order valence-corrected chi connectivity index (χ4v) is 3.37. The molecule has 0 aliphatic carbocycles. The van der Waals surface area contributed by atoms with Crippen LogP contribution < -0.4 is 0 Å². The first-order valence-electron chi connectivity index (χ1n) is 11.8. The van der Waals surface area contributed by atoms with Crippen LogP contribution >= 0.6 is 0 Å². The van der Waals surface area contributed by atoms with Crippen LogP contribution in [0.5, 0.6) is 0 Å². The van der Waals surface area contributed by atoms with Gasteiger partial charge in [0.25, 0.3) is 0 Å². The van der Waals surface area contributed by atoms with Crippen LogP contribution in [0.15, 0.2) is 91.0 Å². The van der Waals surface area contributed by atoms with Crippen LogP contribution in [0.4, 0.5) is 0 Å². The van der Waals surface area contributed by atoms with Gasteiger partial charge in [0, 0.05) is 16.8 Å². The Labute approximate surface area is 190 Å². The molecule has 31 heavy (non-hydrogen) atoms. The highest BCUT2D eigenvalue weighted by molar-refractivity contribution is 5.86. The van der Waals surface area contributed by atoms with Crippen molar-refractivity contribution in [2.75, 3.05) is 0 Å². The van der Waals surface area contributed by atoms with Crippen LogP contribution in [0, 0.1) is 0 Å². The van der Waals surface area contributed by atoms with Crippen LogP contribution in [-0.2, 0) is 6.42 Å². The van der Waals surface area contributed by atoms with Gasteiger partial charge in [0.05, 0.1) is 5.69 Å². The van der Waals surface area contributed by atoms with E-state index in [0.717, 1.165) is 6.42 Å². The maximum Gasteiger partial charge on any atom is 0.0538 e. The van der Waals surface area contributed by atoms with Gasteiger partial charge in [-0.15, -0.1) is 0 Å². The molecule has 0 aliphatic rings. The van der Waals surface area contributed by atoms with E-state index in [1.54, 1.807) is 0 Å². The number of nitrogens with one attached hydrogen (secondary N) is 1. The number of benzene rings is 3. The smallest absolute Gasteiger partial charge is 0.0538 e. The van der Waals surface area contributed by atoms with Crippen molar-refractivity contribution >= 4 is 0 Å². The van der Waals surface area contributed by atoms with Gasteiger partial charge >= 0.3 is 0 Å². The molecule has 1 heteroatoms. The van der Waals surface area contributed by atoms with Gasteiger partial charge in [0.15, 0.2) is 0 Å². The molecular formula is C30H39N. The van der Waals surface area contributed by atoms with E-state index in [9.17, 15) is 0 Å². The Hall–Kier alpha value is -3.06. The van der Waals surface area contributed by atoms with Gasteiger partial charge in [-0.3, -0.25) is 0 Å². The Morgan fingerprint density at radius 3 is 1.58 bits per heavy atom. The Bertz CT molecular complexity index is 909. The van der Waals surface area contributed by atoms with Crippen LogP contribution in [0.3, 0.4) is 0 Å². The highest BCUT2D eigenvalue weighted by atomic mass is 14.7. The van der Waals surface area contributed by atoms with E-state index >= 15 is 0 Å². The van der Waals surface area contributed by atoms with Crippen LogP contribution in [-0.4, -0.2) is 4.98 Å². The molecule has 4 rings (SSSR count). The fourth-order valence-electron chi connectivity index (χ4n) is 3.37. The lowest BCUT2D eigenvalue weighted by Crippen LogP contribution is -1.87. The summed E-state index contributed by atoms with van der Waals surface area (Å²) in [6.45, 7) is 14.2. The Kier molecular flexibility index (Phi) is 12.4. The number of hydrogen-bond acceptors (Lipinski definition) is 0. The first-order chi connectivity index (χ1) is 15.4. The second kappa shape index (κ2) is 14.8. The largest absolute Gasteiger partial charge is 0.354 e. The molecule has 0 amide bonds. The van der Waals surface area contributed by atoms with Crippen molar-refractivity contribution in [1.29, 1.82) is 0 Å². The molecule has 0 unspecified atom stereocenters. The Balaban J connectivity index is 0.000000739. The van der Waals surface area contributed by atoms with Crippen molar-refractivity contribution in [3.63, 3.8) is 0 Å². The zero-order valence-corrected chi connectivity index (χ0v) is 20.4. The minimum Gasteiger partial charge on any atom is -0.354 e. The lowest BCUT2D eigenvalue weighted by Gasteiger charge is -2.05. The summed E-state index contributed by atoms with van der Waals surface area (Å²) in [4.78, 5) is 3.69. The first kappa shape index (κ1) is 26.0. The van der Waals surface area contributed by atoms with Crippen molar-refractivity contribution in [1.82, 2.24) is 4.98 Å². The SMILES string of the molecule is CC.CC.CC.CCc1ccccc1-c1cc(-c2ccccc2)c(-c2ccccc2)[nH]1. The zero-order chi connectivity index (χ0) is 23.1. The van der Waals surface area contributed by atoms with E-state index in [0.29, 0.717) is 0 Å². The minimum absolute atomic E-state index is 1.02. The molecule has 3 aromatic carbocycles. The summed E-state index contributed by atoms with van der Waals surface area (Å²) in [5.41, 5.74) is 8.68. The third-order valence-corrected chi connectivity index (χ3v) is 4.65. The van der Waals surface area contributed by atoms with Crippen molar-refractivity contribution < 1.29 is 0 Å². The quantitative estimate of drug-likeness (QED) is 0.343. The van der Waals surface area contributed by atoms with E-state index in [1.165, 1.54) is 39.2 Å². The van der Waals surface area contributed by atoms with Crippen LogP contribution in [0.1, 0.15) is 54.0 Å². The molecule has 0 bridgehead atoms. The van der Waals surface area contributed by atoms with Crippen LogP contribution in [0.2, 0.25) is 0 Å². The standard InChI is InChI=1S/C24H21N.3C2H6/c1-2-18-11-9-10-16-21(18)23-17-22(19-12-5-3-6-13-19)24(25-23)20-14-7-4-8-15-20;3*1-2/h3-17,25H,2H2,1H3;3*1-2H3. The lowest BCUT2D eigenvalue weighted by atomic mass is 9.99. The Morgan fingerprint density at radius 2 is 1.03 bits per heavy atom. The van der Waals surface area contributed by atoms with Crippen molar-refractivity contribution in [3.05, 3.63) is 96.6 Å². The normalized spacial score (nSPS) is 9.26. The van der Waals surface area contributed by atoms with Gasteiger partial charge in [0.2, 0.25) is 0 Å². The summed E-state index contributed by atoms with van der Waals surface area (Å²) in [5.74, 6) is 0. The third kappa shape index (κ3) is 6.72. The van der Waals surface area contributed by atoms with Crippen molar-refractivity contribution in [2.24, 2.45) is 0 Å². The maximum atomic E-state index is 3.69. The number of hydrogen-bond donors (Lipinski definition) is 1. The zero-order valence-electron chi connectivity index (χ0n) is 20.4. The van der Waals surface area contributed by atoms with Crippen molar-refractivity contribution in [2.45, 2.75) is 54.9 Å². The molecule has 0 spiro atoms. The summed E-state index contributed by atoms with van der Waals surface area (Å²) in [7, 11) is 0. The number of aryl methyl sites for hydroxylation is 1. The highest BCUT2D eigenvalue weighted by Gasteiger charge is 2.14. The molecule has 0 fully saturated rings. The summed E-state index contributed by atoms with van der Waals surface area (Å²) in [6.07, 6.45) is 1.02. The topological polar surface area (TPSA) is 15.8 Å². The average Bonchev–Trinajstić information content (AvgIpc) is 3.34. The molecule has 0 radical (unpaired) electrons. The fraction of sp³-hybridized carbons (Fsp3) is 0.267. The summed E-state index contributed by atoms with van der Waals surface area (Å²) in [6, 6.07) is 32.1. The van der Waals surface area contributed by atoms with E-state index in [4.69, 9.17) is 0 Å². The van der Waals surface area contributed by atoms with E-state index in [2.05, 4.69) is 103 Å². The number of aromatic nitrogens is 1. The lowest BCUT2D eigenvalue weighted by molar-refractivity contribution is 1.14. The van der Waals surface area contributed by atoms with Gasteiger partial charge in [-0.25, -0.2) is 0 Å². The highest BCUT2D eigenvalue weighted by Crippen LogP contribution is 2.36. The second-order valence-electron chi connectivity index (χ2n) is 6.21. The van der Waals surface area contributed by atoms with Gasteiger partial charge in [-0.1, -0.05) is 133 Å². The monoisotopic (exact) mass is 413 g/mol. The van der Waals surface area contributed by atoms with E-state index in [-0.39, 0.29) is 0 Å². The van der Waals surface area contributed by atoms with Gasteiger partial charge in [-0.2, -0.15) is 0 Å². The molecule has 0 aliphatic heterocycles. The average molecular weight is 414 g/mol. The maximum absolute atomic E-state index is 3.69. The first-order valence-corrected chi connectivity index (χ1v) is 11.8. The van der Waals surface area contributed by atoms with E-state index in [1.807, 2.05) is 41.5 Å². The minimum atomic E-state index is 1.02. The summed E-state index contributed by atoms with van der Waals surface area (Å²) in [5, 5.41) is 0. The number of H-pyrrole nitrogens is 1. The van der Waals surface area contributed by atoms with E-state index < -0.39 is 0 Å². The van der Waals surface area contributed by atoms with Crippen LogP contribution in [0.25, 0.3) is 33.6 Å². The molecule has 1 aromatic heterocycles. The summed E-state index contributed by atoms with van der Waals surface area (Å²) >= 11 is 0.